The van der Waals surface area contributed by atoms with Crippen LogP contribution in [0.5, 0.6) is 28.7 Å². The van der Waals surface area contributed by atoms with Crippen LogP contribution in [-0.2, 0) is 6.54 Å². The van der Waals surface area contributed by atoms with Crippen LogP contribution in [0, 0.1) is 0 Å². The number of aromatic nitrogens is 1. The fourth-order valence-electron chi connectivity index (χ4n) is 5.53. The Kier molecular flexibility index (Phi) is 12.5. The van der Waals surface area contributed by atoms with Gasteiger partial charge in [-0.1, -0.05) is 103 Å². The molecule has 0 atom stereocenters. The summed E-state index contributed by atoms with van der Waals surface area (Å²) in [6, 6.07) is 6.54. The zero-order valence-corrected chi connectivity index (χ0v) is 24.0. The molecule has 1 aromatic heterocycles. The highest BCUT2D eigenvalue weighted by Crippen LogP contribution is 2.38. The third kappa shape index (κ3) is 8.57. The number of phenols is 4. The minimum Gasteiger partial charge on any atom is -0.508 e. The van der Waals surface area contributed by atoms with Crippen LogP contribution in [0.25, 0.3) is 22.2 Å². The quantitative estimate of drug-likeness (QED) is 0.0795. The Morgan fingerprint density at radius 1 is 0.600 bits per heavy atom. The summed E-state index contributed by atoms with van der Waals surface area (Å²) in [7, 11) is 0. The molecule has 3 rings (SSSR count). The maximum absolute atomic E-state index is 13.0. The minimum absolute atomic E-state index is 0.0708. The van der Waals surface area contributed by atoms with Gasteiger partial charge in [0.05, 0.1) is 16.6 Å². The standard InChI is InChI=1S/C33H47NO6/c1-2-3-4-5-6-7-8-9-10-11-12-13-14-15-16-17-20-34-26-22-25(35)23-29(38)30(26)32(39)33(40)31(34)24-18-19-27(36)28(37)21-24/h18-19,21-23,35-38,40H,2-17,20H2,1H3. The average molecular weight is 554 g/mol. The third-order valence-corrected chi connectivity index (χ3v) is 7.79. The van der Waals surface area contributed by atoms with Crippen molar-refractivity contribution in [3.63, 3.8) is 0 Å². The first kappa shape index (κ1) is 31.2. The number of hydrogen-bond acceptors (Lipinski definition) is 6. The second kappa shape index (κ2) is 16.0. The third-order valence-electron chi connectivity index (χ3n) is 7.79. The van der Waals surface area contributed by atoms with Crippen molar-refractivity contribution in [2.24, 2.45) is 0 Å². The molecule has 0 amide bonds. The molecule has 220 valence electrons. The summed E-state index contributed by atoms with van der Waals surface area (Å²) in [4.78, 5) is 13.0. The minimum atomic E-state index is -0.765. The van der Waals surface area contributed by atoms with Gasteiger partial charge in [0.15, 0.2) is 17.2 Å². The van der Waals surface area contributed by atoms with Gasteiger partial charge in [0, 0.05) is 24.2 Å². The smallest absolute Gasteiger partial charge is 0.235 e. The summed E-state index contributed by atoms with van der Waals surface area (Å²) in [5, 5.41) is 51.1. The molecule has 0 aliphatic carbocycles. The first-order valence-electron chi connectivity index (χ1n) is 15.2. The monoisotopic (exact) mass is 553 g/mol. The van der Waals surface area contributed by atoms with Crippen molar-refractivity contribution in [2.75, 3.05) is 0 Å². The van der Waals surface area contributed by atoms with E-state index < -0.39 is 16.9 Å². The summed E-state index contributed by atoms with van der Waals surface area (Å²) in [6.45, 7) is 2.69. The van der Waals surface area contributed by atoms with Gasteiger partial charge < -0.3 is 30.1 Å². The summed E-state index contributed by atoms with van der Waals surface area (Å²) in [5.74, 6) is -1.86. The van der Waals surface area contributed by atoms with Crippen LogP contribution in [0.15, 0.2) is 35.1 Å². The number of benzene rings is 2. The van der Waals surface area contributed by atoms with Gasteiger partial charge in [0.25, 0.3) is 0 Å². The van der Waals surface area contributed by atoms with E-state index in [1.807, 2.05) is 0 Å². The van der Waals surface area contributed by atoms with E-state index in [4.69, 9.17) is 0 Å². The maximum atomic E-state index is 13.0. The van der Waals surface area contributed by atoms with Gasteiger partial charge >= 0.3 is 0 Å². The Hall–Kier alpha value is -3.35. The fraction of sp³-hybridized carbons (Fsp3) is 0.545. The van der Waals surface area contributed by atoms with Gasteiger partial charge in [0.1, 0.15) is 11.5 Å². The summed E-state index contributed by atoms with van der Waals surface area (Å²) < 4.78 is 1.70. The van der Waals surface area contributed by atoms with E-state index in [1.54, 1.807) is 4.57 Å². The van der Waals surface area contributed by atoms with Crippen molar-refractivity contribution in [3.8, 4) is 40.0 Å². The number of hydrogen-bond donors (Lipinski definition) is 5. The number of fused-ring (bicyclic) bond motifs is 1. The van der Waals surface area contributed by atoms with Gasteiger partial charge in [0.2, 0.25) is 5.43 Å². The summed E-state index contributed by atoms with van der Waals surface area (Å²) >= 11 is 0. The molecule has 0 bridgehead atoms. The molecule has 0 aliphatic heterocycles. The highest BCUT2D eigenvalue weighted by Gasteiger charge is 2.21. The molecule has 2 aromatic carbocycles. The number of unbranched alkanes of at least 4 members (excludes halogenated alkanes) is 15. The molecular formula is C33H47NO6. The maximum Gasteiger partial charge on any atom is 0.235 e. The molecule has 1 heterocycles. The Bertz CT molecular complexity index is 1280. The van der Waals surface area contributed by atoms with Crippen molar-refractivity contribution < 1.29 is 25.5 Å². The molecule has 7 nitrogen and oxygen atoms in total. The first-order valence-corrected chi connectivity index (χ1v) is 15.2. The molecular weight excluding hydrogens is 506 g/mol. The van der Waals surface area contributed by atoms with Crippen LogP contribution in [0.2, 0.25) is 0 Å². The second-order valence-electron chi connectivity index (χ2n) is 11.0. The highest BCUT2D eigenvalue weighted by atomic mass is 16.3. The van der Waals surface area contributed by atoms with Crippen molar-refractivity contribution in [3.05, 3.63) is 40.6 Å². The van der Waals surface area contributed by atoms with Crippen molar-refractivity contribution in [2.45, 2.75) is 116 Å². The number of aromatic hydroxyl groups is 5. The van der Waals surface area contributed by atoms with E-state index in [0.717, 1.165) is 31.7 Å². The van der Waals surface area contributed by atoms with E-state index >= 15 is 0 Å². The largest absolute Gasteiger partial charge is 0.508 e. The summed E-state index contributed by atoms with van der Waals surface area (Å²) in [5.41, 5.74) is 0.0343. The Morgan fingerprint density at radius 2 is 1.12 bits per heavy atom. The van der Waals surface area contributed by atoms with Gasteiger partial charge in [-0.3, -0.25) is 4.79 Å². The number of aryl methyl sites for hydroxylation is 1. The molecule has 0 fully saturated rings. The Balaban J connectivity index is 1.53. The lowest BCUT2D eigenvalue weighted by molar-refractivity contribution is 0.404. The predicted molar refractivity (Wildman–Crippen MR) is 162 cm³/mol. The SMILES string of the molecule is CCCCCCCCCCCCCCCCCCn1c(-c2ccc(O)c(O)c2)c(O)c(=O)c2c(O)cc(O)cc21. The molecule has 0 saturated heterocycles. The Morgan fingerprint density at radius 3 is 1.65 bits per heavy atom. The van der Waals surface area contributed by atoms with Crippen molar-refractivity contribution in [1.82, 2.24) is 4.57 Å². The molecule has 7 heteroatoms. The lowest BCUT2D eigenvalue weighted by Gasteiger charge is -2.19. The van der Waals surface area contributed by atoms with E-state index in [1.165, 1.54) is 101 Å². The Labute approximate surface area is 237 Å². The van der Waals surface area contributed by atoms with Gasteiger partial charge in [-0.2, -0.15) is 0 Å². The van der Waals surface area contributed by atoms with Crippen LogP contribution < -0.4 is 5.43 Å². The fourth-order valence-corrected chi connectivity index (χ4v) is 5.53. The molecule has 0 aliphatic rings. The van der Waals surface area contributed by atoms with Crippen LogP contribution in [0.1, 0.15) is 110 Å². The summed E-state index contributed by atoms with van der Waals surface area (Å²) in [6.07, 6.45) is 20.0. The van der Waals surface area contributed by atoms with Crippen molar-refractivity contribution in [1.29, 1.82) is 0 Å². The van der Waals surface area contributed by atoms with E-state index in [2.05, 4.69) is 6.92 Å². The van der Waals surface area contributed by atoms with E-state index in [0.29, 0.717) is 17.6 Å². The van der Waals surface area contributed by atoms with Gasteiger partial charge in [-0.15, -0.1) is 0 Å². The molecule has 0 saturated carbocycles. The number of nitrogens with zero attached hydrogens (tertiary/aromatic N) is 1. The van der Waals surface area contributed by atoms with Crippen LogP contribution in [-0.4, -0.2) is 30.1 Å². The zero-order chi connectivity index (χ0) is 28.9. The second-order valence-corrected chi connectivity index (χ2v) is 11.0. The lowest BCUT2D eigenvalue weighted by Crippen LogP contribution is -2.13. The number of phenolic OH excluding ortho intramolecular Hbond substituents is 4. The first-order chi connectivity index (χ1) is 19.3. The van der Waals surface area contributed by atoms with Crippen LogP contribution in [0.4, 0.5) is 0 Å². The van der Waals surface area contributed by atoms with Gasteiger partial charge in [-0.25, -0.2) is 0 Å². The zero-order valence-electron chi connectivity index (χ0n) is 24.0. The number of pyridine rings is 1. The van der Waals surface area contributed by atoms with Crippen LogP contribution in [0.3, 0.4) is 0 Å². The highest BCUT2D eigenvalue weighted by molar-refractivity contribution is 5.91. The number of rotatable bonds is 18. The van der Waals surface area contributed by atoms with Crippen molar-refractivity contribution >= 4 is 10.9 Å². The topological polar surface area (TPSA) is 123 Å². The average Bonchev–Trinajstić information content (AvgIpc) is 2.92. The molecule has 0 unspecified atom stereocenters. The molecule has 0 radical (unpaired) electrons. The lowest BCUT2D eigenvalue weighted by atomic mass is 10.0. The van der Waals surface area contributed by atoms with Gasteiger partial charge in [-0.05, 0) is 24.6 Å². The molecule has 40 heavy (non-hydrogen) atoms. The normalized spacial score (nSPS) is 11.4. The molecule has 0 spiro atoms. The molecule has 3 aromatic rings. The van der Waals surface area contributed by atoms with Crippen LogP contribution >= 0.6 is 0 Å². The predicted octanol–water partition coefficient (Wildman–Crippen LogP) is 8.46. The van der Waals surface area contributed by atoms with E-state index in [-0.39, 0.29) is 28.3 Å². The molecule has 5 N–H and O–H groups in total. The van der Waals surface area contributed by atoms with E-state index in [9.17, 15) is 30.3 Å².